The van der Waals surface area contributed by atoms with Crippen molar-refractivity contribution in [3.05, 3.63) is 23.5 Å². The summed E-state index contributed by atoms with van der Waals surface area (Å²) in [5, 5.41) is 12.5. The van der Waals surface area contributed by atoms with Crippen LogP contribution in [0.1, 0.15) is 42.2 Å². The van der Waals surface area contributed by atoms with Gasteiger partial charge in [-0.3, -0.25) is 0 Å². The number of rotatable bonds is 3. The van der Waals surface area contributed by atoms with Crippen molar-refractivity contribution in [2.75, 3.05) is 0 Å². The van der Waals surface area contributed by atoms with Gasteiger partial charge in [0.2, 0.25) is 0 Å². The molecular weight excluding hydrogens is 275 g/mol. The molecule has 2 rings (SSSR count). The fraction of sp³-hybridized carbons (Fsp3) is 0.417. The Labute approximate surface area is 112 Å². The van der Waals surface area contributed by atoms with Crippen LogP contribution in [0.15, 0.2) is 12.4 Å². The van der Waals surface area contributed by atoms with Crippen molar-refractivity contribution < 1.29 is 23.1 Å². The lowest BCUT2D eigenvalue weighted by atomic mass is 10.1. The normalized spacial score (nSPS) is 13.7. The first-order valence-corrected chi connectivity index (χ1v) is 5.94. The Morgan fingerprint density at radius 1 is 1.45 bits per heavy atom. The lowest BCUT2D eigenvalue weighted by Crippen LogP contribution is -2.15. The lowest BCUT2D eigenvalue weighted by Gasteiger charge is -2.13. The number of pyridine rings is 1. The van der Waals surface area contributed by atoms with Crippen LogP contribution in [0.25, 0.3) is 11.0 Å². The van der Waals surface area contributed by atoms with E-state index in [4.69, 9.17) is 5.11 Å². The molecule has 2 aromatic rings. The van der Waals surface area contributed by atoms with E-state index in [-0.39, 0.29) is 17.1 Å². The number of nitrogens with zero attached hydrogens (tertiary/aromatic N) is 3. The lowest BCUT2D eigenvalue weighted by molar-refractivity contribution is -0.136. The Hall–Kier alpha value is -2.12. The first-order valence-electron chi connectivity index (χ1n) is 5.94. The third-order valence-corrected chi connectivity index (χ3v) is 3.15. The molecule has 8 heteroatoms. The standard InChI is InChI=1S/C12H12F3N3O2/c1-3-6(2)18-10-7(5-17-18)9(12(13,14)15)8(4-16-10)11(19)20/h4-6H,3H2,1-2H3,(H,19,20). The molecule has 1 N–H and O–H groups in total. The minimum atomic E-state index is -4.78. The number of fused-ring (bicyclic) bond motifs is 1. The minimum Gasteiger partial charge on any atom is -0.478 e. The highest BCUT2D eigenvalue weighted by atomic mass is 19.4. The zero-order chi connectivity index (χ0) is 15.1. The van der Waals surface area contributed by atoms with E-state index in [1.54, 1.807) is 6.92 Å². The molecule has 0 spiro atoms. The topological polar surface area (TPSA) is 68.0 Å². The Balaban J connectivity index is 2.80. The molecule has 0 fully saturated rings. The summed E-state index contributed by atoms with van der Waals surface area (Å²) in [7, 11) is 0. The molecule has 0 aliphatic carbocycles. The summed E-state index contributed by atoms with van der Waals surface area (Å²) >= 11 is 0. The van der Waals surface area contributed by atoms with Crippen LogP contribution in [0.4, 0.5) is 13.2 Å². The van der Waals surface area contributed by atoms with Crippen LogP contribution in [0, 0.1) is 0 Å². The zero-order valence-electron chi connectivity index (χ0n) is 10.8. The molecular formula is C12H12F3N3O2. The second-order valence-corrected chi connectivity index (χ2v) is 4.43. The Bertz CT molecular complexity index is 664. The minimum absolute atomic E-state index is 0.0386. The molecule has 0 saturated carbocycles. The van der Waals surface area contributed by atoms with Crippen molar-refractivity contribution in [2.45, 2.75) is 32.5 Å². The van der Waals surface area contributed by atoms with Gasteiger partial charge in [0.15, 0.2) is 5.65 Å². The van der Waals surface area contributed by atoms with Crippen molar-refractivity contribution >= 4 is 17.0 Å². The van der Waals surface area contributed by atoms with E-state index < -0.39 is 23.3 Å². The third kappa shape index (κ3) is 2.21. The van der Waals surface area contributed by atoms with Crippen LogP contribution in [0.3, 0.4) is 0 Å². The molecule has 0 saturated heterocycles. The second kappa shape index (κ2) is 4.77. The number of hydrogen-bond acceptors (Lipinski definition) is 3. The van der Waals surface area contributed by atoms with Gasteiger partial charge < -0.3 is 5.11 Å². The third-order valence-electron chi connectivity index (χ3n) is 3.15. The molecule has 2 heterocycles. The SMILES string of the molecule is CCC(C)n1ncc2c(C(F)(F)F)c(C(=O)O)cnc21. The van der Waals surface area contributed by atoms with Crippen LogP contribution in [0.5, 0.6) is 0 Å². The van der Waals surface area contributed by atoms with Crippen molar-refractivity contribution in [2.24, 2.45) is 0 Å². The van der Waals surface area contributed by atoms with Gasteiger partial charge in [0, 0.05) is 6.20 Å². The van der Waals surface area contributed by atoms with Gasteiger partial charge in [-0.1, -0.05) is 6.92 Å². The maximum absolute atomic E-state index is 13.1. The number of aromatic nitrogens is 3. The maximum atomic E-state index is 13.1. The first kappa shape index (κ1) is 14.3. The zero-order valence-corrected chi connectivity index (χ0v) is 10.8. The average Bonchev–Trinajstić information content (AvgIpc) is 2.78. The average molecular weight is 287 g/mol. The van der Waals surface area contributed by atoms with E-state index in [0.29, 0.717) is 6.42 Å². The number of hydrogen-bond donors (Lipinski definition) is 1. The van der Waals surface area contributed by atoms with Crippen LogP contribution in [0.2, 0.25) is 0 Å². The summed E-state index contributed by atoms with van der Waals surface area (Å²) in [6.07, 6.45) is -2.36. The van der Waals surface area contributed by atoms with Gasteiger partial charge >= 0.3 is 12.1 Å². The molecule has 5 nitrogen and oxygen atoms in total. The van der Waals surface area contributed by atoms with E-state index in [1.807, 2.05) is 6.92 Å². The molecule has 0 aliphatic rings. The molecule has 0 bridgehead atoms. The van der Waals surface area contributed by atoms with Crippen molar-refractivity contribution in [1.82, 2.24) is 14.8 Å². The molecule has 20 heavy (non-hydrogen) atoms. The Morgan fingerprint density at radius 2 is 2.10 bits per heavy atom. The molecule has 1 unspecified atom stereocenters. The smallest absolute Gasteiger partial charge is 0.418 e. The van der Waals surface area contributed by atoms with Crippen molar-refractivity contribution in [1.29, 1.82) is 0 Å². The molecule has 0 aromatic carbocycles. The summed E-state index contributed by atoms with van der Waals surface area (Å²) in [5.74, 6) is -1.66. The van der Waals surface area contributed by atoms with Gasteiger partial charge in [0.25, 0.3) is 0 Å². The number of carboxylic acids is 1. The Kier molecular flexibility index (Phi) is 3.41. The second-order valence-electron chi connectivity index (χ2n) is 4.43. The predicted octanol–water partition coefficient (Wildman–Crippen LogP) is 3.12. The van der Waals surface area contributed by atoms with Crippen LogP contribution >= 0.6 is 0 Å². The van der Waals surface area contributed by atoms with Crippen LogP contribution in [-0.4, -0.2) is 25.8 Å². The summed E-state index contributed by atoms with van der Waals surface area (Å²) in [6.45, 7) is 3.67. The van der Waals surface area contributed by atoms with E-state index >= 15 is 0 Å². The van der Waals surface area contributed by atoms with Gasteiger partial charge in [-0.05, 0) is 13.3 Å². The molecule has 1 atom stereocenters. The van der Waals surface area contributed by atoms with E-state index in [0.717, 1.165) is 12.4 Å². The number of carboxylic acid groups (broad SMARTS) is 1. The summed E-state index contributed by atoms with van der Waals surface area (Å²) in [5.41, 5.74) is -2.03. The van der Waals surface area contributed by atoms with Crippen LogP contribution in [-0.2, 0) is 6.18 Å². The summed E-state index contributed by atoms with van der Waals surface area (Å²) in [4.78, 5) is 14.8. The molecule has 2 aromatic heterocycles. The number of carbonyl (C=O) groups is 1. The number of halogens is 3. The van der Waals surface area contributed by atoms with Crippen LogP contribution < -0.4 is 0 Å². The quantitative estimate of drug-likeness (QED) is 0.941. The van der Waals surface area contributed by atoms with Gasteiger partial charge in [-0.15, -0.1) is 0 Å². The number of aromatic carboxylic acids is 1. The van der Waals surface area contributed by atoms with E-state index in [1.165, 1.54) is 4.68 Å². The monoisotopic (exact) mass is 287 g/mol. The highest BCUT2D eigenvalue weighted by Crippen LogP contribution is 2.37. The Morgan fingerprint density at radius 3 is 2.60 bits per heavy atom. The fourth-order valence-corrected chi connectivity index (χ4v) is 1.96. The largest absolute Gasteiger partial charge is 0.478 e. The van der Waals surface area contributed by atoms with Crippen molar-refractivity contribution in [3.63, 3.8) is 0 Å². The summed E-state index contributed by atoms with van der Waals surface area (Å²) < 4.78 is 40.7. The fourth-order valence-electron chi connectivity index (χ4n) is 1.96. The molecule has 0 radical (unpaired) electrons. The molecule has 0 aliphatic heterocycles. The first-order chi connectivity index (χ1) is 9.27. The highest BCUT2D eigenvalue weighted by Gasteiger charge is 2.38. The number of alkyl halides is 3. The maximum Gasteiger partial charge on any atom is 0.418 e. The van der Waals surface area contributed by atoms with Crippen molar-refractivity contribution in [3.8, 4) is 0 Å². The van der Waals surface area contributed by atoms with E-state index in [9.17, 15) is 18.0 Å². The van der Waals surface area contributed by atoms with Gasteiger partial charge in [0.05, 0.1) is 28.8 Å². The highest BCUT2D eigenvalue weighted by molar-refractivity contribution is 5.95. The molecule has 108 valence electrons. The summed E-state index contributed by atoms with van der Waals surface area (Å²) in [6, 6.07) is -0.128. The van der Waals surface area contributed by atoms with E-state index in [2.05, 4.69) is 10.1 Å². The van der Waals surface area contributed by atoms with Gasteiger partial charge in [0.1, 0.15) is 0 Å². The van der Waals surface area contributed by atoms with Gasteiger partial charge in [-0.2, -0.15) is 18.3 Å². The predicted molar refractivity (Wildman–Crippen MR) is 64.5 cm³/mol. The van der Waals surface area contributed by atoms with Gasteiger partial charge in [-0.25, -0.2) is 14.5 Å². The molecule has 0 amide bonds.